The number of hydrogen-bond donors (Lipinski definition) is 6. The Balaban J connectivity index is 2.07. The number of amides is 3. The van der Waals surface area contributed by atoms with Crippen LogP contribution in [0.4, 0.5) is 5.69 Å². The van der Waals surface area contributed by atoms with Gasteiger partial charge >= 0.3 is 0 Å². The largest absolute Gasteiger partial charge is 0.339 e. The summed E-state index contributed by atoms with van der Waals surface area (Å²) in [6.45, 7) is -0.237. The van der Waals surface area contributed by atoms with Gasteiger partial charge in [0, 0.05) is 17.8 Å². The molecule has 0 spiro atoms. The van der Waals surface area contributed by atoms with E-state index in [1.54, 1.807) is 36.4 Å². The maximum absolute atomic E-state index is 12.2. The first kappa shape index (κ1) is 20.0. The molecule has 9 nitrogen and oxygen atoms in total. The molecule has 2 aromatic rings. The third-order valence-electron chi connectivity index (χ3n) is 3.80. The molecule has 0 bridgehead atoms. The normalized spacial score (nSPS) is 11.4. The number of nitrogens with two attached hydrogens (primary N) is 2. The van der Waals surface area contributed by atoms with E-state index in [9.17, 15) is 14.4 Å². The highest BCUT2D eigenvalue weighted by molar-refractivity contribution is 5.98. The number of nitrogens with one attached hydrogen (secondary N) is 3. The topological polar surface area (TPSA) is 160 Å². The molecule has 0 aliphatic carbocycles. The van der Waals surface area contributed by atoms with Crippen molar-refractivity contribution in [3.63, 3.8) is 0 Å². The zero-order valence-corrected chi connectivity index (χ0v) is 14.4. The molecule has 9 heteroatoms. The molecule has 2 rings (SSSR count). The maximum Gasteiger partial charge on any atom is 0.267 e. The zero-order valence-electron chi connectivity index (χ0n) is 14.4. The Morgan fingerprint density at radius 3 is 1.96 bits per heavy atom. The number of benzene rings is 2. The Morgan fingerprint density at radius 2 is 1.48 bits per heavy atom. The minimum atomic E-state index is -1.03. The minimum Gasteiger partial charge on any atom is -0.339 e. The lowest BCUT2D eigenvalue weighted by molar-refractivity contribution is -0.130. The number of anilines is 1. The van der Waals surface area contributed by atoms with Gasteiger partial charge in [-0.05, 0) is 35.4 Å². The monoisotopic (exact) mass is 371 g/mol. The number of carbonyl (C=O) groups is 3. The van der Waals surface area contributed by atoms with Gasteiger partial charge in [-0.15, -0.1) is 0 Å². The van der Waals surface area contributed by atoms with Crippen LogP contribution in [0.25, 0.3) is 11.1 Å². The van der Waals surface area contributed by atoms with Crippen LogP contribution in [0.3, 0.4) is 0 Å². The molecule has 0 aliphatic heterocycles. The van der Waals surface area contributed by atoms with Crippen LogP contribution in [-0.2, 0) is 9.59 Å². The van der Waals surface area contributed by atoms with E-state index < -0.39 is 17.9 Å². The first-order valence-corrected chi connectivity index (χ1v) is 8.13. The lowest BCUT2D eigenvalue weighted by Gasteiger charge is -2.14. The van der Waals surface area contributed by atoms with Crippen LogP contribution in [0.1, 0.15) is 10.4 Å². The fourth-order valence-corrected chi connectivity index (χ4v) is 2.32. The molecule has 27 heavy (non-hydrogen) atoms. The van der Waals surface area contributed by atoms with Crippen molar-refractivity contribution in [2.24, 2.45) is 11.5 Å². The molecule has 3 amide bonds. The molecule has 0 saturated heterocycles. The van der Waals surface area contributed by atoms with Gasteiger partial charge in [0.25, 0.3) is 11.8 Å². The summed E-state index contributed by atoms with van der Waals surface area (Å²) in [5.41, 5.74) is 14.9. The second-order valence-corrected chi connectivity index (χ2v) is 5.64. The number of rotatable bonds is 7. The molecule has 2 aromatic carbocycles. The van der Waals surface area contributed by atoms with Crippen molar-refractivity contribution in [1.82, 2.24) is 10.8 Å². The molecular weight excluding hydrogens is 350 g/mol. The highest BCUT2D eigenvalue weighted by atomic mass is 16.5. The maximum atomic E-state index is 12.2. The predicted molar refractivity (Wildman–Crippen MR) is 99.8 cm³/mol. The Labute approximate surface area is 155 Å². The van der Waals surface area contributed by atoms with Gasteiger partial charge < -0.3 is 22.1 Å². The van der Waals surface area contributed by atoms with E-state index >= 15 is 0 Å². The third-order valence-corrected chi connectivity index (χ3v) is 3.80. The summed E-state index contributed by atoms with van der Waals surface area (Å²) in [7, 11) is 0. The Hall–Kier alpha value is -3.27. The minimum absolute atomic E-state index is 0.0870. The van der Waals surface area contributed by atoms with Crippen LogP contribution in [0.2, 0.25) is 0 Å². The van der Waals surface area contributed by atoms with Crippen molar-refractivity contribution in [3.8, 4) is 11.1 Å². The van der Waals surface area contributed by atoms with E-state index in [0.717, 1.165) is 11.1 Å². The molecule has 0 saturated carbocycles. The first-order chi connectivity index (χ1) is 13.0. The number of hydroxylamine groups is 1. The number of hydrogen-bond acceptors (Lipinski definition) is 6. The average molecular weight is 371 g/mol. The highest BCUT2D eigenvalue weighted by Crippen LogP contribution is 2.22. The SMILES string of the molecule is NCC(=O)Nc1ccc(-c2ccc(C(=O)N[C@@H](CN)C(=O)NO)cc2)cc1. The fraction of sp³-hybridized carbons (Fsp3) is 0.167. The Bertz CT molecular complexity index is 806. The smallest absolute Gasteiger partial charge is 0.267 e. The summed E-state index contributed by atoms with van der Waals surface area (Å²) in [5, 5.41) is 13.7. The van der Waals surface area contributed by atoms with Crippen molar-refractivity contribution in [2.75, 3.05) is 18.4 Å². The van der Waals surface area contributed by atoms with Crippen LogP contribution in [0.5, 0.6) is 0 Å². The Kier molecular flexibility index (Phi) is 7.00. The average Bonchev–Trinajstić information content (AvgIpc) is 2.71. The first-order valence-electron chi connectivity index (χ1n) is 8.13. The second-order valence-electron chi connectivity index (χ2n) is 5.64. The van der Waals surface area contributed by atoms with Gasteiger partial charge in [-0.25, -0.2) is 5.48 Å². The van der Waals surface area contributed by atoms with Crippen molar-refractivity contribution in [2.45, 2.75) is 6.04 Å². The van der Waals surface area contributed by atoms with Crippen LogP contribution in [0, 0.1) is 0 Å². The molecular formula is C18H21N5O4. The van der Waals surface area contributed by atoms with Gasteiger partial charge in [0.05, 0.1) is 6.54 Å². The summed E-state index contributed by atoms with van der Waals surface area (Å²) in [6, 6.07) is 12.9. The highest BCUT2D eigenvalue weighted by Gasteiger charge is 2.19. The third kappa shape index (κ3) is 5.35. The van der Waals surface area contributed by atoms with Gasteiger partial charge in [-0.3, -0.25) is 19.6 Å². The summed E-state index contributed by atoms with van der Waals surface area (Å²) in [6.07, 6.45) is 0. The van der Waals surface area contributed by atoms with Crippen molar-refractivity contribution < 1.29 is 19.6 Å². The molecule has 0 heterocycles. The van der Waals surface area contributed by atoms with E-state index in [2.05, 4.69) is 10.6 Å². The molecule has 142 valence electrons. The summed E-state index contributed by atoms with van der Waals surface area (Å²) < 4.78 is 0. The van der Waals surface area contributed by atoms with Crippen LogP contribution < -0.4 is 27.6 Å². The molecule has 0 fully saturated rings. The molecule has 8 N–H and O–H groups in total. The number of carbonyl (C=O) groups excluding carboxylic acids is 3. The summed E-state index contributed by atoms with van der Waals surface area (Å²) in [5.74, 6) is -1.55. The summed E-state index contributed by atoms with van der Waals surface area (Å²) in [4.78, 5) is 34.8. The van der Waals surface area contributed by atoms with Crippen LogP contribution >= 0.6 is 0 Å². The van der Waals surface area contributed by atoms with Gasteiger partial charge in [-0.1, -0.05) is 24.3 Å². The van der Waals surface area contributed by atoms with E-state index in [1.165, 1.54) is 5.48 Å². The van der Waals surface area contributed by atoms with Crippen molar-refractivity contribution >= 4 is 23.4 Å². The molecule has 0 unspecified atom stereocenters. The van der Waals surface area contributed by atoms with Crippen LogP contribution in [0.15, 0.2) is 48.5 Å². The standard InChI is InChI=1S/C18H21N5O4/c19-9-15(18(26)23-27)22-17(25)13-3-1-11(2-4-13)12-5-7-14(8-6-12)21-16(24)10-20/h1-8,15,27H,9-10,19-20H2,(H,21,24)(H,22,25)(H,23,26)/t15-/m0/s1. The van der Waals surface area contributed by atoms with E-state index in [0.29, 0.717) is 11.3 Å². The van der Waals surface area contributed by atoms with Gasteiger partial charge in [-0.2, -0.15) is 0 Å². The molecule has 0 aliphatic rings. The van der Waals surface area contributed by atoms with Crippen molar-refractivity contribution in [1.29, 1.82) is 0 Å². The van der Waals surface area contributed by atoms with E-state index in [-0.39, 0.29) is 19.0 Å². The lowest BCUT2D eigenvalue weighted by Crippen LogP contribution is -2.50. The second kappa shape index (κ2) is 9.43. The van der Waals surface area contributed by atoms with Gasteiger partial charge in [0.1, 0.15) is 6.04 Å². The fourth-order valence-electron chi connectivity index (χ4n) is 2.32. The molecule has 0 aromatic heterocycles. The predicted octanol–water partition coefficient (Wildman–Crippen LogP) is -0.187. The zero-order chi connectivity index (χ0) is 19.8. The van der Waals surface area contributed by atoms with E-state index in [1.807, 2.05) is 12.1 Å². The van der Waals surface area contributed by atoms with Crippen molar-refractivity contribution in [3.05, 3.63) is 54.1 Å². The molecule has 0 radical (unpaired) electrons. The summed E-state index contributed by atoms with van der Waals surface area (Å²) >= 11 is 0. The van der Waals surface area contributed by atoms with Gasteiger partial charge in [0.2, 0.25) is 5.91 Å². The quantitative estimate of drug-likeness (QED) is 0.292. The molecule has 1 atom stereocenters. The lowest BCUT2D eigenvalue weighted by atomic mass is 10.0. The van der Waals surface area contributed by atoms with Gasteiger partial charge in [0.15, 0.2) is 0 Å². The van der Waals surface area contributed by atoms with Crippen LogP contribution in [-0.4, -0.2) is 42.1 Å². The van der Waals surface area contributed by atoms with E-state index in [4.69, 9.17) is 16.7 Å². The Morgan fingerprint density at radius 1 is 0.926 bits per heavy atom.